The van der Waals surface area contributed by atoms with Crippen LogP contribution in [-0.2, 0) is 14.6 Å². The number of nitrogens with zero attached hydrogens (tertiary/aromatic N) is 2. The van der Waals surface area contributed by atoms with Gasteiger partial charge in [0.2, 0.25) is 5.91 Å². The van der Waals surface area contributed by atoms with Crippen LogP contribution in [0.3, 0.4) is 0 Å². The molecule has 3 rings (SSSR count). The monoisotopic (exact) mass is 431 g/mol. The molecule has 1 amide bonds. The molecule has 0 radical (unpaired) electrons. The fourth-order valence-electron chi connectivity index (χ4n) is 4.11. The number of para-hydroxylation sites is 1. The fraction of sp³-hybridized carbons (Fsp3) is 0.632. The van der Waals surface area contributed by atoms with Crippen LogP contribution in [-0.4, -0.2) is 81.5 Å². The highest BCUT2D eigenvalue weighted by Gasteiger charge is 2.35. The van der Waals surface area contributed by atoms with E-state index >= 15 is 0 Å². The van der Waals surface area contributed by atoms with Crippen LogP contribution >= 0.6 is 12.4 Å². The molecule has 2 fully saturated rings. The molecular formula is C19H30ClN3O4S. The second-order valence-electron chi connectivity index (χ2n) is 7.17. The van der Waals surface area contributed by atoms with E-state index in [4.69, 9.17) is 4.74 Å². The second kappa shape index (κ2) is 9.91. The first-order valence-corrected chi connectivity index (χ1v) is 11.3. The zero-order valence-electron chi connectivity index (χ0n) is 16.5. The number of amides is 1. The van der Waals surface area contributed by atoms with E-state index in [9.17, 15) is 13.2 Å². The Morgan fingerprint density at radius 1 is 1.36 bits per heavy atom. The summed E-state index contributed by atoms with van der Waals surface area (Å²) in [5.74, 6) is 1.09. The lowest BCUT2D eigenvalue weighted by atomic mass is 10.0. The van der Waals surface area contributed by atoms with Gasteiger partial charge >= 0.3 is 0 Å². The number of benzene rings is 1. The van der Waals surface area contributed by atoms with Gasteiger partial charge in [-0.15, -0.1) is 12.4 Å². The number of sulfone groups is 1. The summed E-state index contributed by atoms with van der Waals surface area (Å²) in [5.41, 5.74) is 1.06. The van der Waals surface area contributed by atoms with E-state index in [1.165, 1.54) is 0 Å². The van der Waals surface area contributed by atoms with Gasteiger partial charge in [-0.2, -0.15) is 0 Å². The molecule has 2 aliphatic heterocycles. The average molecular weight is 432 g/mol. The molecule has 1 aromatic carbocycles. The summed E-state index contributed by atoms with van der Waals surface area (Å²) in [7, 11) is -1.36. The summed E-state index contributed by atoms with van der Waals surface area (Å²) in [6.07, 6.45) is 0.541. The molecule has 158 valence electrons. The molecule has 0 saturated carbocycles. The van der Waals surface area contributed by atoms with Gasteiger partial charge in [-0.05, 0) is 19.4 Å². The van der Waals surface area contributed by atoms with Crippen molar-refractivity contribution in [1.82, 2.24) is 15.1 Å². The van der Waals surface area contributed by atoms with Crippen molar-refractivity contribution >= 4 is 28.2 Å². The predicted molar refractivity (Wildman–Crippen MR) is 112 cm³/mol. The van der Waals surface area contributed by atoms with Crippen LogP contribution in [0.5, 0.6) is 5.75 Å². The maximum Gasteiger partial charge on any atom is 0.237 e. The zero-order chi connectivity index (χ0) is 19.4. The molecule has 2 saturated heterocycles. The molecule has 7 nitrogen and oxygen atoms in total. The van der Waals surface area contributed by atoms with E-state index in [1.807, 2.05) is 31.2 Å². The molecule has 0 bridgehead atoms. The van der Waals surface area contributed by atoms with Crippen LogP contribution in [0, 0.1) is 0 Å². The quantitative estimate of drug-likeness (QED) is 0.726. The van der Waals surface area contributed by atoms with Crippen LogP contribution in [0.2, 0.25) is 0 Å². The molecule has 1 aromatic rings. The minimum absolute atomic E-state index is 0. The van der Waals surface area contributed by atoms with Crippen molar-refractivity contribution in [3.05, 3.63) is 29.8 Å². The summed E-state index contributed by atoms with van der Waals surface area (Å²) >= 11 is 0. The van der Waals surface area contributed by atoms with Crippen molar-refractivity contribution in [3.63, 3.8) is 0 Å². The van der Waals surface area contributed by atoms with Crippen molar-refractivity contribution in [3.8, 4) is 5.75 Å². The first-order valence-electron chi connectivity index (χ1n) is 9.52. The van der Waals surface area contributed by atoms with Gasteiger partial charge in [-0.3, -0.25) is 9.69 Å². The molecule has 1 N–H and O–H groups in total. The predicted octanol–water partition coefficient (Wildman–Crippen LogP) is 1.10. The van der Waals surface area contributed by atoms with E-state index < -0.39 is 9.84 Å². The Morgan fingerprint density at radius 3 is 2.75 bits per heavy atom. The third-order valence-corrected chi connectivity index (χ3v) is 7.25. The molecule has 2 aliphatic rings. The molecule has 0 aromatic heterocycles. The number of piperazine rings is 1. The summed E-state index contributed by atoms with van der Waals surface area (Å²) in [5, 5.41) is 3.40. The standard InChI is InChI=1S/C19H29N3O4S.ClH/c1-3-22(15-8-11-27(24,25)14-15)19(23)13-21-10-9-20-12-17(21)16-6-4-5-7-18(16)26-2;/h4-7,15,17,20H,3,8-14H2,1-2H3;1H. The van der Waals surface area contributed by atoms with E-state index in [0.717, 1.165) is 30.9 Å². The Kier molecular flexibility index (Phi) is 8.12. The maximum atomic E-state index is 13.0. The van der Waals surface area contributed by atoms with E-state index in [2.05, 4.69) is 10.2 Å². The van der Waals surface area contributed by atoms with Crippen LogP contribution in [0.25, 0.3) is 0 Å². The Labute approximate surface area is 173 Å². The van der Waals surface area contributed by atoms with Crippen molar-refractivity contribution in [2.75, 3.05) is 51.3 Å². The van der Waals surface area contributed by atoms with Gasteiger partial charge in [-0.1, -0.05) is 18.2 Å². The largest absolute Gasteiger partial charge is 0.496 e. The van der Waals surface area contributed by atoms with E-state index in [-0.39, 0.29) is 48.4 Å². The number of hydrogen-bond acceptors (Lipinski definition) is 6. The molecule has 0 spiro atoms. The number of likely N-dealkylation sites (N-methyl/N-ethyl adjacent to an activating group) is 1. The van der Waals surface area contributed by atoms with Crippen molar-refractivity contribution < 1.29 is 17.9 Å². The van der Waals surface area contributed by atoms with Gasteiger partial charge in [0.15, 0.2) is 9.84 Å². The number of carbonyl (C=O) groups is 1. The first kappa shape index (κ1) is 22.9. The third-order valence-electron chi connectivity index (χ3n) is 5.50. The molecule has 9 heteroatoms. The normalized spacial score (nSPS) is 24.4. The van der Waals surface area contributed by atoms with Gasteiger partial charge in [-0.25, -0.2) is 8.42 Å². The van der Waals surface area contributed by atoms with Crippen LogP contribution in [0.1, 0.15) is 24.9 Å². The van der Waals surface area contributed by atoms with Crippen LogP contribution < -0.4 is 10.1 Å². The average Bonchev–Trinajstić information content (AvgIpc) is 3.02. The Hall–Kier alpha value is -1.35. The minimum atomic E-state index is -3.01. The highest BCUT2D eigenvalue weighted by atomic mass is 35.5. The fourth-order valence-corrected chi connectivity index (χ4v) is 5.84. The van der Waals surface area contributed by atoms with E-state index in [1.54, 1.807) is 12.0 Å². The minimum Gasteiger partial charge on any atom is -0.496 e. The van der Waals surface area contributed by atoms with Gasteiger partial charge in [0.25, 0.3) is 0 Å². The summed E-state index contributed by atoms with van der Waals surface area (Å²) in [6, 6.07) is 7.74. The lowest BCUT2D eigenvalue weighted by Gasteiger charge is -2.38. The highest BCUT2D eigenvalue weighted by molar-refractivity contribution is 7.91. The maximum absolute atomic E-state index is 13.0. The molecular weight excluding hydrogens is 402 g/mol. The summed E-state index contributed by atoms with van der Waals surface area (Å²) < 4.78 is 29.1. The summed E-state index contributed by atoms with van der Waals surface area (Å²) in [4.78, 5) is 16.9. The van der Waals surface area contributed by atoms with Crippen molar-refractivity contribution in [1.29, 1.82) is 0 Å². The lowest BCUT2D eigenvalue weighted by Crippen LogP contribution is -2.52. The summed E-state index contributed by atoms with van der Waals surface area (Å²) in [6.45, 7) is 5.06. The second-order valence-corrected chi connectivity index (χ2v) is 9.40. The number of halogens is 1. The number of methoxy groups -OCH3 is 1. The molecule has 2 heterocycles. The Bertz CT molecular complexity index is 774. The number of ether oxygens (including phenoxy) is 1. The third kappa shape index (κ3) is 5.17. The molecule has 2 atom stereocenters. The molecule has 2 unspecified atom stereocenters. The Morgan fingerprint density at radius 2 is 2.11 bits per heavy atom. The van der Waals surface area contributed by atoms with E-state index in [0.29, 0.717) is 13.0 Å². The van der Waals surface area contributed by atoms with Crippen molar-refractivity contribution in [2.24, 2.45) is 0 Å². The van der Waals surface area contributed by atoms with Crippen LogP contribution in [0.4, 0.5) is 0 Å². The highest BCUT2D eigenvalue weighted by Crippen LogP contribution is 2.30. The molecule has 0 aliphatic carbocycles. The number of nitrogens with one attached hydrogen (secondary N) is 1. The number of hydrogen-bond donors (Lipinski definition) is 1. The number of rotatable bonds is 6. The van der Waals surface area contributed by atoms with Crippen LogP contribution in [0.15, 0.2) is 24.3 Å². The van der Waals surface area contributed by atoms with Crippen molar-refractivity contribution in [2.45, 2.75) is 25.4 Å². The van der Waals surface area contributed by atoms with Gasteiger partial charge in [0.1, 0.15) is 5.75 Å². The number of carbonyl (C=O) groups excluding carboxylic acids is 1. The lowest BCUT2D eigenvalue weighted by molar-refractivity contribution is -0.135. The van der Waals surface area contributed by atoms with Gasteiger partial charge in [0, 0.05) is 37.8 Å². The van der Waals surface area contributed by atoms with Gasteiger partial charge < -0.3 is 15.0 Å². The first-order chi connectivity index (χ1) is 12.9. The SMILES string of the molecule is CCN(C(=O)CN1CCNCC1c1ccccc1OC)C1CCS(=O)(=O)C1.Cl. The zero-order valence-corrected chi connectivity index (χ0v) is 18.1. The Balaban J connectivity index is 0.00000280. The molecule has 28 heavy (non-hydrogen) atoms. The topological polar surface area (TPSA) is 79.0 Å². The van der Waals surface area contributed by atoms with Gasteiger partial charge in [0.05, 0.1) is 31.2 Å². The smallest absolute Gasteiger partial charge is 0.237 e.